The number of nitrogens with one attached hydrogen (secondary N) is 4. The van der Waals surface area contributed by atoms with Crippen LogP contribution in [0, 0.1) is 0 Å². The van der Waals surface area contributed by atoms with Crippen molar-refractivity contribution in [1.82, 2.24) is 21.3 Å². The van der Waals surface area contributed by atoms with E-state index in [9.17, 15) is 43.8 Å². The summed E-state index contributed by atoms with van der Waals surface area (Å²) in [7, 11) is 0. The van der Waals surface area contributed by atoms with Crippen molar-refractivity contribution in [2.24, 2.45) is 0 Å². The van der Waals surface area contributed by atoms with Crippen molar-refractivity contribution < 1.29 is 58.4 Å². The van der Waals surface area contributed by atoms with Crippen LogP contribution in [0.3, 0.4) is 0 Å². The minimum atomic E-state index is -1.20. The number of hydrogen-bond donors (Lipinski definition) is 7. The van der Waals surface area contributed by atoms with E-state index in [1.54, 1.807) is 0 Å². The van der Waals surface area contributed by atoms with Gasteiger partial charge in [0.1, 0.15) is 18.7 Å². The molecule has 7 N–H and O–H groups in total. The molecule has 52 heavy (non-hydrogen) atoms. The minimum absolute atomic E-state index is 0.0512. The SMILES string of the molecule is O=C(O)CCCCCCCCCCCCCCC(=O)NC(CCC(=O)NCCOCCOCC(=O)NC(CCCCNC(=O)CBr)C(=O)O)C(=O)O. The quantitative estimate of drug-likeness (QED) is 0.0356. The molecule has 2 atom stereocenters. The molecule has 0 heterocycles. The Kier molecular flexibility index (Phi) is 31.4. The van der Waals surface area contributed by atoms with Gasteiger partial charge in [0.05, 0.1) is 25.2 Å². The fourth-order valence-electron chi connectivity index (χ4n) is 5.11. The lowest BCUT2D eigenvalue weighted by molar-refractivity contribution is -0.143. The Bertz CT molecular complexity index is 1050. The van der Waals surface area contributed by atoms with Crippen molar-refractivity contribution >= 4 is 57.5 Å². The number of alkyl halides is 1. The Hall–Kier alpha value is -3.31. The van der Waals surface area contributed by atoms with Crippen molar-refractivity contribution in [3.05, 3.63) is 0 Å². The number of aliphatic carboxylic acids is 3. The van der Waals surface area contributed by atoms with E-state index in [1.807, 2.05) is 0 Å². The van der Waals surface area contributed by atoms with Gasteiger partial charge in [-0.2, -0.15) is 0 Å². The fraction of sp³-hybridized carbons (Fsp3) is 0.800. The molecule has 0 bridgehead atoms. The molecule has 0 saturated carbocycles. The normalized spacial score (nSPS) is 12.0. The molecule has 0 aromatic rings. The Morgan fingerprint density at radius 3 is 1.54 bits per heavy atom. The minimum Gasteiger partial charge on any atom is -0.481 e. The lowest BCUT2D eigenvalue weighted by atomic mass is 10.0. The highest BCUT2D eigenvalue weighted by Crippen LogP contribution is 2.13. The molecule has 0 saturated heterocycles. The van der Waals surface area contributed by atoms with Gasteiger partial charge in [0.2, 0.25) is 23.6 Å². The number of amides is 4. The molecule has 0 radical (unpaired) electrons. The van der Waals surface area contributed by atoms with Crippen LogP contribution in [0.5, 0.6) is 0 Å². The second-order valence-corrected chi connectivity index (χ2v) is 13.1. The lowest BCUT2D eigenvalue weighted by Gasteiger charge is -2.15. The van der Waals surface area contributed by atoms with Crippen LogP contribution in [0.4, 0.5) is 0 Å². The highest BCUT2D eigenvalue weighted by molar-refractivity contribution is 9.09. The second-order valence-electron chi connectivity index (χ2n) is 12.6. The summed E-state index contributed by atoms with van der Waals surface area (Å²) in [5.41, 5.74) is 0. The summed E-state index contributed by atoms with van der Waals surface area (Å²) in [6.45, 7) is 0.560. The van der Waals surface area contributed by atoms with Gasteiger partial charge in [-0.1, -0.05) is 80.1 Å². The first-order valence-corrected chi connectivity index (χ1v) is 19.6. The molecular formula is C35H61BrN4O12. The van der Waals surface area contributed by atoms with E-state index in [0.29, 0.717) is 25.8 Å². The van der Waals surface area contributed by atoms with Gasteiger partial charge in [-0.25, -0.2) is 9.59 Å². The van der Waals surface area contributed by atoms with Gasteiger partial charge in [-0.3, -0.25) is 24.0 Å². The third-order valence-electron chi connectivity index (χ3n) is 8.01. The monoisotopic (exact) mass is 808 g/mol. The third-order valence-corrected chi connectivity index (χ3v) is 8.52. The molecule has 0 spiro atoms. The van der Waals surface area contributed by atoms with E-state index >= 15 is 0 Å². The van der Waals surface area contributed by atoms with Crippen molar-refractivity contribution in [2.45, 2.75) is 134 Å². The van der Waals surface area contributed by atoms with Crippen LogP contribution in [-0.4, -0.2) is 114 Å². The maximum Gasteiger partial charge on any atom is 0.326 e. The van der Waals surface area contributed by atoms with E-state index in [0.717, 1.165) is 57.8 Å². The zero-order valence-corrected chi connectivity index (χ0v) is 32.0. The van der Waals surface area contributed by atoms with Gasteiger partial charge in [-0.15, -0.1) is 0 Å². The van der Waals surface area contributed by atoms with Crippen LogP contribution in [0.1, 0.15) is 122 Å². The number of ether oxygens (including phenoxy) is 2. The molecule has 17 heteroatoms. The molecule has 300 valence electrons. The van der Waals surface area contributed by atoms with Crippen LogP contribution in [0.25, 0.3) is 0 Å². The average Bonchev–Trinajstić information content (AvgIpc) is 3.10. The van der Waals surface area contributed by atoms with Crippen LogP contribution >= 0.6 is 15.9 Å². The summed E-state index contributed by atoms with van der Waals surface area (Å²) in [4.78, 5) is 81.1. The van der Waals surface area contributed by atoms with Crippen molar-refractivity contribution in [1.29, 1.82) is 0 Å². The first-order chi connectivity index (χ1) is 25.0. The summed E-state index contributed by atoms with van der Waals surface area (Å²) in [6.07, 6.45) is 13.8. The largest absolute Gasteiger partial charge is 0.481 e. The van der Waals surface area contributed by atoms with E-state index in [4.69, 9.17) is 14.6 Å². The Labute approximate surface area is 315 Å². The molecule has 0 rings (SSSR count). The molecular weight excluding hydrogens is 748 g/mol. The number of carboxylic acids is 3. The van der Waals surface area contributed by atoms with E-state index in [1.165, 1.54) is 12.8 Å². The van der Waals surface area contributed by atoms with Gasteiger partial charge in [0.15, 0.2) is 0 Å². The van der Waals surface area contributed by atoms with Crippen molar-refractivity contribution in [3.8, 4) is 0 Å². The first-order valence-electron chi connectivity index (χ1n) is 18.5. The number of carboxylic acid groups (broad SMARTS) is 3. The van der Waals surface area contributed by atoms with Gasteiger partial charge < -0.3 is 46.1 Å². The average molecular weight is 810 g/mol. The molecule has 16 nitrogen and oxygen atoms in total. The number of carbonyl (C=O) groups excluding carboxylic acids is 4. The maximum absolute atomic E-state index is 12.3. The van der Waals surface area contributed by atoms with E-state index < -0.39 is 35.9 Å². The summed E-state index contributed by atoms with van der Waals surface area (Å²) in [5.74, 6) is -4.58. The number of carbonyl (C=O) groups is 7. The van der Waals surface area contributed by atoms with E-state index in [-0.39, 0.29) is 88.1 Å². The summed E-state index contributed by atoms with van der Waals surface area (Å²) in [5, 5.41) is 37.8. The zero-order chi connectivity index (χ0) is 38.8. The van der Waals surface area contributed by atoms with Crippen molar-refractivity contribution in [2.75, 3.05) is 44.8 Å². The fourth-order valence-corrected chi connectivity index (χ4v) is 5.30. The lowest BCUT2D eigenvalue weighted by Crippen LogP contribution is -2.42. The third kappa shape index (κ3) is 31.4. The summed E-state index contributed by atoms with van der Waals surface area (Å²) < 4.78 is 10.6. The Morgan fingerprint density at radius 1 is 0.481 bits per heavy atom. The predicted octanol–water partition coefficient (Wildman–Crippen LogP) is 3.28. The predicted molar refractivity (Wildman–Crippen MR) is 196 cm³/mol. The highest BCUT2D eigenvalue weighted by Gasteiger charge is 2.21. The smallest absolute Gasteiger partial charge is 0.326 e. The molecule has 0 aromatic carbocycles. The van der Waals surface area contributed by atoms with Crippen LogP contribution < -0.4 is 21.3 Å². The number of hydrogen-bond acceptors (Lipinski definition) is 9. The zero-order valence-electron chi connectivity index (χ0n) is 30.4. The van der Waals surface area contributed by atoms with Gasteiger partial charge in [0, 0.05) is 32.4 Å². The molecule has 0 aliphatic rings. The van der Waals surface area contributed by atoms with Crippen LogP contribution in [-0.2, 0) is 43.0 Å². The standard InChI is InChI=1S/C35H61BrN4O12/c36-25-31(43)37-20-14-13-15-27(34(47)48)40-32(44)26-52-24-23-51-22-21-38-29(41)19-18-28(35(49)50)39-30(42)16-11-9-7-5-3-1-2-4-6-8-10-12-17-33(45)46/h27-28H,1-26H2,(H,37,43)(H,38,41)(H,39,42)(H,40,44)(H,45,46)(H,47,48)(H,49,50). The molecule has 4 amide bonds. The summed E-state index contributed by atoms with van der Waals surface area (Å²) in [6, 6.07) is -2.23. The first kappa shape index (κ1) is 48.7. The number of halogens is 1. The summed E-state index contributed by atoms with van der Waals surface area (Å²) >= 11 is 3.03. The van der Waals surface area contributed by atoms with Gasteiger partial charge in [-0.05, 0) is 38.5 Å². The Balaban J connectivity index is 3.87. The van der Waals surface area contributed by atoms with E-state index in [2.05, 4.69) is 37.2 Å². The number of rotatable bonds is 36. The molecule has 0 aromatic heterocycles. The van der Waals surface area contributed by atoms with Crippen LogP contribution in [0.15, 0.2) is 0 Å². The molecule has 0 aliphatic heterocycles. The molecule has 2 unspecified atom stereocenters. The topological polar surface area (TPSA) is 247 Å². The highest BCUT2D eigenvalue weighted by atomic mass is 79.9. The van der Waals surface area contributed by atoms with Gasteiger partial charge >= 0.3 is 17.9 Å². The van der Waals surface area contributed by atoms with Crippen molar-refractivity contribution in [3.63, 3.8) is 0 Å². The molecule has 0 aliphatic carbocycles. The van der Waals surface area contributed by atoms with Crippen LogP contribution in [0.2, 0.25) is 0 Å². The Morgan fingerprint density at radius 2 is 0.981 bits per heavy atom. The molecule has 0 fully saturated rings. The van der Waals surface area contributed by atoms with Gasteiger partial charge in [0.25, 0.3) is 0 Å². The maximum atomic E-state index is 12.3. The second kappa shape index (κ2) is 33.5. The number of unbranched alkanes of at least 4 members (excludes halogenated alkanes) is 12.